The van der Waals surface area contributed by atoms with Crippen LogP contribution in [0.4, 0.5) is 0 Å². The fourth-order valence-electron chi connectivity index (χ4n) is 2.06. The van der Waals surface area contributed by atoms with Gasteiger partial charge in [-0.05, 0) is 30.0 Å². The second-order valence-corrected chi connectivity index (χ2v) is 3.82. The Labute approximate surface area is 81.5 Å². The molecule has 2 heteroatoms. The molecule has 14 heavy (non-hydrogen) atoms. The molecule has 0 aliphatic heterocycles. The third-order valence-corrected chi connectivity index (χ3v) is 2.94. The molecule has 1 fully saturated rings. The highest BCUT2D eigenvalue weighted by molar-refractivity contribution is 5.83. The molecule has 1 saturated carbocycles. The Morgan fingerprint density at radius 2 is 2.29 bits per heavy atom. The van der Waals surface area contributed by atoms with Crippen molar-refractivity contribution in [2.45, 2.75) is 12.3 Å². The minimum absolute atomic E-state index is 0.232. The van der Waals surface area contributed by atoms with Crippen LogP contribution in [0.1, 0.15) is 17.9 Å². The van der Waals surface area contributed by atoms with E-state index in [9.17, 15) is 4.79 Å². The van der Waals surface area contributed by atoms with Crippen LogP contribution in [0.15, 0.2) is 34.9 Å². The number of fused-ring (bicyclic) bond motifs is 1. The molecule has 1 aliphatic carbocycles. The first-order valence-corrected chi connectivity index (χ1v) is 4.81. The van der Waals surface area contributed by atoms with Crippen LogP contribution in [0, 0.1) is 5.92 Å². The fourth-order valence-corrected chi connectivity index (χ4v) is 2.06. The molecular weight excluding hydrogens is 176 g/mol. The average Bonchev–Trinajstić information content (AvgIpc) is 2.85. The van der Waals surface area contributed by atoms with Gasteiger partial charge < -0.3 is 9.21 Å². The highest BCUT2D eigenvalue weighted by Gasteiger charge is 2.38. The molecule has 1 heterocycles. The summed E-state index contributed by atoms with van der Waals surface area (Å²) in [6.07, 6.45) is 3.75. The number of carbonyl (C=O) groups is 1. The van der Waals surface area contributed by atoms with Gasteiger partial charge in [-0.25, -0.2) is 0 Å². The Morgan fingerprint density at radius 3 is 3.07 bits per heavy atom. The Morgan fingerprint density at radius 1 is 1.36 bits per heavy atom. The van der Waals surface area contributed by atoms with E-state index >= 15 is 0 Å². The summed E-state index contributed by atoms with van der Waals surface area (Å²) in [6, 6.07) is 8.01. The van der Waals surface area contributed by atoms with Crippen molar-refractivity contribution in [1.29, 1.82) is 0 Å². The van der Waals surface area contributed by atoms with Gasteiger partial charge in [0.1, 0.15) is 11.9 Å². The fraction of sp³-hybridized carbons (Fsp3) is 0.250. The van der Waals surface area contributed by atoms with Crippen LogP contribution in [0.25, 0.3) is 11.0 Å². The monoisotopic (exact) mass is 186 g/mol. The highest BCUT2D eigenvalue weighted by Crippen LogP contribution is 2.48. The molecule has 2 atom stereocenters. The van der Waals surface area contributed by atoms with Gasteiger partial charge in [-0.15, -0.1) is 0 Å². The van der Waals surface area contributed by atoms with E-state index in [1.165, 1.54) is 5.56 Å². The van der Waals surface area contributed by atoms with E-state index in [0.717, 1.165) is 23.7 Å². The highest BCUT2D eigenvalue weighted by atomic mass is 16.3. The zero-order valence-electron chi connectivity index (χ0n) is 7.64. The molecule has 0 bridgehead atoms. The molecule has 0 spiro atoms. The quantitative estimate of drug-likeness (QED) is 0.675. The lowest BCUT2D eigenvalue weighted by Crippen LogP contribution is -1.84. The van der Waals surface area contributed by atoms with E-state index in [2.05, 4.69) is 6.07 Å². The molecule has 1 aliphatic rings. The van der Waals surface area contributed by atoms with Crippen molar-refractivity contribution in [3.8, 4) is 0 Å². The normalized spacial score (nSPS) is 25.1. The van der Waals surface area contributed by atoms with Crippen LogP contribution in [0.5, 0.6) is 0 Å². The topological polar surface area (TPSA) is 30.2 Å². The van der Waals surface area contributed by atoms with Gasteiger partial charge in [-0.1, -0.05) is 12.1 Å². The number of aldehydes is 1. The second kappa shape index (κ2) is 2.71. The van der Waals surface area contributed by atoms with E-state index in [0.29, 0.717) is 5.92 Å². The Hall–Kier alpha value is -1.57. The first-order chi connectivity index (χ1) is 6.90. The lowest BCUT2D eigenvalue weighted by molar-refractivity contribution is -0.108. The van der Waals surface area contributed by atoms with Gasteiger partial charge in [0.15, 0.2) is 0 Å². The standard InChI is InChI=1S/C12H10O2/c13-7-8-6-11(8)9-2-1-3-12-10(9)4-5-14-12/h1-5,7-8,11H,6H2. The molecule has 2 nitrogen and oxygen atoms in total. The van der Waals surface area contributed by atoms with Gasteiger partial charge in [-0.2, -0.15) is 0 Å². The van der Waals surface area contributed by atoms with Crippen molar-refractivity contribution in [3.63, 3.8) is 0 Å². The SMILES string of the molecule is O=CC1CC1c1cccc2occc12. The molecule has 1 aromatic heterocycles. The first-order valence-electron chi connectivity index (χ1n) is 4.81. The van der Waals surface area contributed by atoms with Gasteiger partial charge >= 0.3 is 0 Å². The maximum absolute atomic E-state index is 10.6. The summed E-state index contributed by atoms with van der Waals surface area (Å²) in [5.41, 5.74) is 2.17. The Balaban J connectivity index is 2.12. The van der Waals surface area contributed by atoms with Crippen LogP contribution >= 0.6 is 0 Å². The summed E-state index contributed by atoms with van der Waals surface area (Å²) in [6.45, 7) is 0. The van der Waals surface area contributed by atoms with Gasteiger partial charge in [0.05, 0.1) is 6.26 Å². The van der Waals surface area contributed by atoms with Gasteiger partial charge in [-0.3, -0.25) is 0 Å². The van der Waals surface area contributed by atoms with E-state index in [-0.39, 0.29) is 5.92 Å². The Bertz CT molecular complexity index is 484. The van der Waals surface area contributed by atoms with Gasteiger partial charge in [0.2, 0.25) is 0 Å². The summed E-state index contributed by atoms with van der Waals surface area (Å²) in [5, 5.41) is 1.15. The molecule has 0 amide bonds. The van der Waals surface area contributed by atoms with Crippen molar-refractivity contribution in [1.82, 2.24) is 0 Å². The number of furan rings is 1. The minimum Gasteiger partial charge on any atom is -0.464 e. The lowest BCUT2D eigenvalue weighted by atomic mass is 10.1. The summed E-state index contributed by atoms with van der Waals surface area (Å²) in [5.74, 6) is 0.657. The van der Waals surface area contributed by atoms with Crippen LogP contribution in [0.2, 0.25) is 0 Å². The smallest absolute Gasteiger partial charge is 0.134 e. The molecule has 3 rings (SSSR count). The second-order valence-electron chi connectivity index (χ2n) is 3.82. The third kappa shape index (κ3) is 1.00. The van der Waals surface area contributed by atoms with Crippen molar-refractivity contribution in [3.05, 3.63) is 36.1 Å². The first kappa shape index (κ1) is 7.80. The van der Waals surface area contributed by atoms with Crippen LogP contribution < -0.4 is 0 Å². The van der Waals surface area contributed by atoms with Crippen molar-refractivity contribution < 1.29 is 9.21 Å². The van der Waals surface area contributed by atoms with Gasteiger partial charge in [0.25, 0.3) is 0 Å². The van der Waals surface area contributed by atoms with E-state index in [1.807, 2.05) is 18.2 Å². The maximum atomic E-state index is 10.6. The summed E-state index contributed by atoms with van der Waals surface area (Å²) < 4.78 is 5.32. The molecule has 2 unspecified atom stereocenters. The molecule has 0 saturated heterocycles. The van der Waals surface area contributed by atoms with Crippen LogP contribution in [0.3, 0.4) is 0 Å². The molecule has 70 valence electrons. The number of carbonyl (C=O) groups excluding carboxylic acids is 1. The third-order valence-electron chi connectivity index (χ3n) is 2.94. The van der Waals surface area contributed by atoms with Crippen LogP contribution in [-0.2, 0) is 4.79 Å². The summed E-state index contributed by atoms with van der Waals surface area (Å²) >= 11 is 0. The average molecular weight is 186 g/mol. The number of rotatable bonds is 2. The number of benzene rings is 1. The zero-order chi connectivity index (χ0) is 9.54. The van der Waals surface area contributed by atoms with Crippen molar-refractivity contribution in [2.24, 2.45) is 5.92 Å². The molecule has 0 radical (unpaired) electrons. The molecule has 0 N–H and O–H groups in total. The number of hydrogen-bond donors (Lipinski definition) is 0. The van der Waals surface area contributed by atoms with E-state index in [4.69, 9.17) is 4.42 Å². The van der Waals surface area contributed by atoms with Crippen molar-refractivity contribution >= 4 is 17.3 Å². The molecular formula is C12H10O2. The van der Waals surface area contributed by atoms with Gasteiger partial charge in [0, 0.05) is 11.3 Å². The van der Waals surface area contributed by atoms with Crippen LogP contribution in [-0.4, -0.2) is 6.29 Å². The lowest BCUT2D eigenvalue weighted by Gasteiger charge is -1.98. The van der Waals surface area contributed by atoms with Crippen molar-refractivity contribution in [2.75, 3.05) is 0 Å². The molecule has 1 aromatic carbocycles. The minimum atomic E-state index is 0.232. The van der Waals surface area contributed by atoms with E-state index < -0.39 is 0 Å². The predicted molar refractivity (Wildman–Crippen MR) is 53.1 cm³/mol. The molecule has 2 aromatic rings. The Kier molecular flexibility index (Phi) is 1.51. The summed E-state index contributed by atoms with van der Waals surface area (Å²) in [7, 11) is 0. The zero-order valence-corrected chi connectivity index (χ0v) is 7.64. The van der Waals surface area contributed by atoms with E-state index in [1.54, 1.807) is 6.26 Å². The predicted octanol–water partition coefficient (Wildman–Crippen LogP) is 2.74. The summed E-state index contributed by atoms with van der Waals surface area (Å²) in [4.78, 5) is 10.6. The maximum Gasteiger partial charge on any atom is 0.134 e. The largest absolute Gasteiger partial charge is 0.464 e. The number of hydrogen-bond acceptors (Lipinski definition) is 2.